The Bertz CT molecular complexity index is 458. The standard InChI is InChI=1S/C17H25NO3/c1-3-16(13-7-9-15(10-8-13)21-4-2)18-11-5-6-14(12-18)17(19)20/h7-10,14,16H,3-6,11-12H2,1-2H3,(H,19,20). The minimum Gasteiger partial charge on any atom is -0.494 e. The van der Waals surface area contributed by atoms with Crippen molar-refractivity contribution in [2.75, 3.05) is 19.7 Å². The second-order valence-electron chi connectivity index (χ2n) is 5.60. The molecule has 1 aromatic carbocycles. The van der Waals surface area contributed by atoms with E-state index in [0.717, 1.165) is 31.6 Å². The van der Waals surface area contributed by atoms with Crippen LogP contribution in [0.25, 0.3) is 0 Å². The fourth-order valence-electron chi connectivity index (χ4n) is 3.15. The Morgan fingerprint density at radius 2 is 2.10 bits per heavy atom. The molecule has 2 unspecified atom stereocenters. The first-order valence-corrected chi connectivity index (χ1v) is 7.85. The monoisotopic (exact) mass is 291 g/mol. The molecule has 4 nitrogen and oxygen atoms in total. The van der Waals surface area contributed by atoms with Crippen LogP contribution in [0, 0.1) is 5.92 Å². The van der Waals surface area contributed by atoms with Gasteiger partial charge in [0.1, 0.15) is 5.75 Å². The summed E-state index contributed by atoms with van der Waals surface area (Å²) in [5.74, 6) is -0.00472. The Kier molecular flexibility index (Phi) is 5.62. The number of likely N-dealkylation sites (tertiary alicyclic amines) is 1. The lowest BCUT2D eigenvalue weighted by Gasteiger charge is -2.37. The van der Waals surface area contributed by atoms with Gasteiger partial charge < -0.3 is 9.84 Å². The number of hydrogen-bond acceptors (Lipinski definition) is 3. The predicted octanol–water partition coefficient (Wildman–Crippen LogP) is 3.33. The van der Waals surface area contributed by atoms with Gasteiger partial charge in [0.25, 0.3) is 0 Å². The number of ether oxygens (including phenoxy) is 1. The maximum atomic E-state index is 11.2. The van der Waals surface area contributed by atoms with Gasteiger partial charge in [0.2, 0.25) is 0 Å². The van der Waals surface area contributed by atoms with Gasteiger partial charge in [-0.05, 0) is 50.4 Å². The largest absolute Gasteiger partial charge is 0.494 e. The second-order valence-corrected chi connectivity index (χ2v) is 5.60. The van der Waals surface area contributed by atoms with Crippen molar-refractivity contribution in [3.63, 3.8) is 0 Å². The van der Waals surface area contributed by atoms with Crippen molar-refractivity contribution in [2.45, 2.75) is 39.2 Å². The van der Waals surface area contributed by atoms with Gasteiger partial charge in [-0.3, -0.25) is 9.69 Å². The first-order valence-electron chi connectivity index (χ1n) is 7.85. The number of hydrogen-bond donors (Lipinski definition) is 1. The Labute approximate surface area is 126 Å². The SMILES string of the molecule is CCOc1ccc(C(CC)N2CCCC(C(=O)O)C2)cc1. The van der Waals surface area contributed by atoms with Gasteiger partial charge in [-0.2, -0.15) is 0 Å². The van der Waals surface area contributed by atoms with Crippen molar-refractivity contribution in [1.29, 1.82) is 0 Å². The van der Waals surface area contributed by atoms with Gasteiger partial charge in [0.05, 0.1) is 12.5 Å². The molecule has 0 spiro atoms. The molecule has 1 aromatic rings. The van der Waals surface area contributed by atoms with Crippen LogP contribution in [0.3, 0.4) is 0 Å². The number of piperidine rings is 1. The van der Waals surface area contributed by atoms with Crippen molar-refractivity contribution >= 4 is 5.97 Å². The molecule has 4 heteroatoms. The van der Waals surface area contributed by atoms with E-state index in [1.54, 1.807) is 0 Å². The highest BCUT2D eigenvalue weighted by Crippen LogP contribution is 2.30. The van der Waals surface area contributed by atoms with Gasteiger partial charge in [-0.15, -0.1) is 0 Å². The fourth-order valence-corrected chi connectivity index (χ4v) is 3.15. The summed E-state index contributed by atoms with van der Waals surface area (Å²) in [7, 11) is 0. The van der Waals surface area contributed by atoms with Crippen molar-refractivity contribution in [3.05, 3.63) is 29.8 Å². The minimum absolute atomic E-state index is 0.226. The number of aliphatic carboxylic acids is 1. The summed E-state index contributed by atoms with van der Waals surface area (Å²) in [4.78, 5) is 13.5. The molecule has 1 saturated heterocycles. The summed E-state index contributed by atoms with van der Waals surface area (Å²) in [5.41, 5.74) is 1.24. The van der Waals surface area contributed by atoms with E-state index in [1.165, 1.54) is 5.56 Å². The predicted molar refractivity (Wildman–Crippen MR) is 82.6 cm³/mol. The van der Waals surface area contributed by atoms with Gasteiger partial charge in [-0.25, -0.2) is 0 Å². The third-order valence-electron chi connectivity index (χ3n) is 4.21. The molecule has 0 aliphatic carbocycles. The van der Waals surface area contributed by atoms with E-state index in [1.807, 2.05) is 19.1 Å². The van der Waals surface area contributed by atoms with Crippen LogP contribution in [-0.4, -0.2) is 35.7 Å². The van der Waals surface area contributed by atoms with Crippen LogP contribution in [0.15, 0.2) is 24.3 Å². The van der Waals surface area contributed by atoms with Gasteiger partial charge in [0.15, 0.2) is 0 Å². The highest BCUT2D eigenvalue weighted by Gasteiger charge is 2.29. The van der Waals surface area contributed by atoms with Crippen molar-refractivity contribution in [3.8, 4) is 5.75 Å². The average Bonchev–Trinajstić information content (AvgIpc) is 2.50. The van der Waals surface area contributed by atoms with E-state index < -0.39 is 5.97 Å². The van der Waals surface area contributed by atoms with Crippen LogP contribution >= 0.6 is 0 Å². The van der Waals surface area contributed by atoms with Crippen molar-refractivity contribution in [2.24, 2.45) is 5.92 Å². The summed E-state index contributed by atoms with van der Waals surface area (Å²) in [6.07, 6.45) is 2.75. The quantitative estimate of drug-likeness (QED) is 0.873. The summed E-state index contributed by atoms with van der Waals surface area (Å²) in [6, 6.07) is 8.50. The topological polar surface area (TPSA) is 49.8 Å². The molecule has 1 fully saturated rings. The van der Waals surface area contributed by atoms with Gasteiger partial charge in [-0.1, -0.05) is 19.1 Å². The number of rotatable bonds is 6. The van der Waals surface area contributed by atoms with Gasteiger partial charge >= 0.3 is 5.97 Å². The molecule has 21 heavy (non-hydrogen) atoms. The molecule has 1 aliphatic rings. The summed E-state index contributed by atoms with van der Waals surface area (Å²) < 4.78 is 5.48. The lowest BCUT2D eigenvalue weighted by Crippen LogP contribution is -2.40. The number of nitrogens with zero attached hydrogens (tertiary/aromatic N) is 1. The number of carboxylic acid groups (broad SMARTS) is 1. The molecule has 116 valence electrons. The third-order valence-corrected chi connectivity index (χ3v) is 4.21. The normalized spacial score (nSPS) is 21.0. The molecule has 0 amide bonds. The molecule has 0 aromatic heterocycles. The minimum atomic E-state index is -0.666. The van der Waals surface area contributed by atoms with Crippen LogP contribution in [0.5, 0.6) is 5.75 Å². The van der Waals surface area contributed by atoms with Gasteiger partial charge in [0, 0.05) is 12.6 Å². The highest BCUT2D eigenvalue weighted by molar-refractivity contribution is 5.70. The maximum absolute atomic E-state index is 11.2. The summed E-state index contributed by atoms with van der Waals surface area (Å²) in [6.45, 7) is 6.44. The fraction of sp³-hybridized carbons (Fsp3) is 0.588. The molecule has 1 N–H and O–H groups in total. The second kappa shape index (κ2) is 7.46. The van der Waals surface area contributed by atoms with Crippen LogP contribution < -0.4 is 4.74 Å². The lowest BCUT2D eigenvalue weighted by atomic mass is 9.94. The van der Waals surface area contributed by atoms with E-state index in [-0.39, 0.29) is 5.92 Å². The molecule has 1 heterocycles. The van der Waals surface area contributed by atoms with Crippen LogP contribution in [-0.2, 0) is 4.79 Å². The van der Waals surface area contributed by atoms with E-state index >= 15 is 0 Å². The van der Waals surface area contributed by atoms with E-state index in [9.17, 15) is 9.90 Å². The Balaban J connectivity index is 2.09. The molecule has 2 rings (SSSR count). The third kappa shape index (κ3) is 3.97. The average molecular weight is 291 g/mol. The smallest absolute Gasteiger partial charge is 0.307 e. The molecule has 0 bridgehead atoms. The molecule has 0 radical (unpaired) electrons. The maximum Gasteiger partial charge on any atom is 0.307 e. The Hall–Kier alpha value is -1.55. The molecule has 0 saturated carbocycles. The van der Waals surface area contributed by atoms with Crippen LogP contribution in [0.1, 0.15) is 44.7 Å². The number of carboxylic acids is 1. The van der Waals surface area contributed by atoms with Crippen LogP contribution in [0.4, 0.5) is 0 Å². The lowest BCUT2D eigenvalue weighted by molar-refractivity contribution is -0.144. The summed E-state index contributed by atoms with van der Waals surface area (Å²) >= 11 is 0. The van der Waals surface area contributed by atoms with E-state index in [2.05, 4.69) is 24.0 Å². The Morgan fingerprint density at radius 1 is 1.38 bits per heavy atom. The van der Waals surface area contributed by atoms with E-state index in [0.29, 0.717) is 19.2 Å². The molecular weight excluding hydrogens is 266 g/mol. The number of benzene rings is 1. The van der Waals surface area contributed by atoms with Crippen LogP contribution in [0.2, 0.25) is 0 Å². The highest BCUT2D eigenvalue weighted by atomic mass is 16.5. The zero-order chi connectivity index (χ0) is 15.2. The zero-order valence-electron chi connectivity index (χ0n) is 12.9. The van der Waals surface area contributed by atoms with E-state index in [4.69, 9.17) is 4.74 Å². The Morgan fingerprint density at radius 3 is 2.67 bits per heavy atom. The summed E-state index contributed by atoms with van der Waals surface area (Å²) in [5, 5.41) is 9.23. The first-order chi connectivity index (χ1) is 10.2. The van der Waals surface area contributed by atoms with Crippen molar-refractivity contribution in [1.82, 2.24) is 4.90 Å². The van der Waals surface area contributed by atoms with Crippen molar-refractivity contribution < 1.29 is 14.6 Å². The molecular formula is C17H25NO3. The molecule has 2 atom stereocenters. The molecule has 1 aliphatic heterocycles. The first kappa shape index (κ1) is 15.8. The number of carbonyl (C=O) groups is 1. The zero-order valence-corrected chi connectivity index (χ0v) is 12.9.